The van der Waals surface area contributed by atoms with E-state index in [1.165, 1.54) is 23.4 Å². The quantitative estimate of drug-likeness (QED) is 0.541. The van der Waals surface area contributed by atoms with Crippen LogP contribution >= 0.6 is 0 Å². The zero-order valence-corrected chi connectivity index (χ0v) is 19.1. The van der Waals surface area contributed by atoms with Crippen molar-refractivity contribution in [3.05, 3.63) is 60.2 Å². The summed E-state index contributed by atoms with van der Waals surface area (Å²) in [4.78, 5) is 4.69. The van der Waals surface area contributed by atoms with Gasteiger partial charge in [0.25, 0.3) is 0 Å². The van der Waals surface area contributed by atoms with Crippen LogP contribution in [-0.4, -0.2) is 47.9 Å². The fraction of sp³-hybridized carbons (Fsp3) is 0.423. The Balaban J connectivity index is 1.54. The number of hydrogen-bond donors (Lipinski definition) is 0. The molecule has 1 atom stereocenters. The van der Waals surface area contributed by atoms with E-state index in [1.807, 2.05) is 6.20 Å². The first-order valence-corrected chi connectivity index (χ1v) is 11.5. The molecule has 1 saturated heterocycles. The minimum atomic E-state index is -0.263. The van der Waals surface area contributed by atoms with E-state index in [0.717, 1.165) is 55.6 Å². The lowest BCUT2D eigenvalue weighted by molar-refractivity contribution is 0.212. The Bertz CT molecular complexity index is 1090. The second kappa shape index (κ2) is 8.58. The highest BCUT2D eigenvalue weighted by Crippen LogP contribution is 2.44. The number of rotatable bonds is 4. The summed E-state index contributed by atoms with van der Waals surface area (Å²) in [6, 6.07) is 11.5. The summed E-state index contributed by atoms with van der Waals surface area (Å²) < 4.78 is 22.0. The summed E-state index contributed by atoms with van der Waals surface area (Å²) in [5.74, 6) is 1.24. The molecule has 0 bridgehead atoms. The number of fused-ring (bicyclic) bond motifs is 1. The molecule has 0 radical (unpaired) electrons. The molecule has 5 nitrogen and oxygen atoms in total. The van der Waals surface area contributed by atoms with Crippen molar-refractivity contribution < 1.29 is 9.13 Å². The number of hydrogen-bond acceptors (Lipinski definition) is 4. The number of anilines is 1. The molecule has 0 amide bonds. The Morgan fingerprint density at radius 3 is 2.50 bits per heavy atom. The zero-order valence-electron chi connectivity index (χ0n) is 19.1. The maximum absolute atomic E-state index is 13.5. The Hall–Kier alpha value is -2.86. The number of halogens is 1. The number of piperidine rings is 1. The van der Waals surface area contributed by atoms with Crippen molar-refractivity contribution in [1.82, 2.24) is 14.7 Å². The van der Waals surface area contributed by atoms with Gasteiger partial charge in [-0.15, -0.1) is 0 Å². The molecule has 0 spiro atoms. The molecule has 1 fully saturated rings. The molecule has 3 heterocycles. The largest absolute Gasteiger partial charge is 0.456 e. The number of benzene rings is 2. The predicted molar refractivity (Wildman–Crippen MR) is 126 cm³/mol. The molecule has 0 aliphatic carbocycles. The summed E-state index contributed by atoms with van der Waals surface area (Å²) in [6.45, 7) is 4.45. The van der Waals surface area contributed by atoms with E-state index in [9.17, 15) is 4.39 Å². The van der Waals surface area contributed by atoms with E-state index in [-0.39, 0.29) is 5.82 Å². The van der Waals surface area contributed by atoms with E-state index < -0.39 is 0 Å². The minimum Gasteiger partial charge on any atom is -0.456 e. The van der Waals surface area contributed by atoms with Crippen LogP contribution in [0.1, 0.15) is 37.8 Å². The number of ether oxygens (including phenoxy) is 1. The third-order valence-electron chi connectivity index (χ3n) is 7.10. The third kappa shape index (κ3) is 3.99. The molecule has 168 valence electrons. The molecule has 0 saturated carbocycles. The molecule has 2 aliphatic rings. The van der Waals surface area contributed by atoms with Gasteiger partial charge in [-0.2, -0.15) is 5.10 Å². The molecule has 32 heavy (non-hydrogen) atoms. The van der Waals surface area contributed by atoms with Crippen LogP contribution in [-0.2, 0) is 6.42 Å². The van der Waals surface area contributed by atoms with Crippen molar-refractivity contribution in [3.63, 3.8) is 0 Å². The van der Waals surface area contributed by atoms with Gasteiger partial charge in [-0.3, -0.25) is 4.68 Å². The van der Waals surface area contributed by atoms with Crippen LogP contribution < -0.4 is 9.64 Å². The summed E-state index contributed by atoms with van der Waals surface area (Å²) in [7, 11) is 4.32. The van der Waals surface area contributed by atoms with Gasteiger partial charge in [-0.05, 0) is 89.1 Å². The van der Waals surface area contributed by atoms with Gasteiger partial charge in [0, 0.05) is 41.7 Å². The molecule has 1 unspecified atom stereocenters. The van der Waals surface area contributed by atoms with Crippen LogP contribution in [0.5, 0.6) is 11.5 Å². The smallest absolute Gasteiger partial charge is 0.140 e. The summed E-state index contributed by atoms with van der Waals surface area (Å²) in [5, 5.41) is 4.72. The number of aromatic nitrogens is 2. The molecule has 1 aromatic heterocycles. The SMILES string of the molecule is CC1CCc2c(ccc(-c3cnn(C4CCN(C)CC4)c3)c2Oc2ccc(F)cc2)N1C. The second-order valence-corrected chi connectivity index (χ2v) is 9.24. The molecule has 2 aliphatic heterocycles. The fourth-order valence-corrected chi connectivity index (χ4v) is 4.87. The number of likely N-dealkylation sites (tertiary alicyclic amines) is 1. The first kappa shape index (κ1) is 21.0. The highest BCUT2D eigenvalue weighted by Gasteiger charge is 2.27. The van der Waals surface area contributed by atoms with Gasteiger partial charge in [0.1, 0.15) is 17.3 Å². The van der Waals surface area contributed by atoms with Gasteiger partial charge in [-0.25, -0.2) is 4.39 Å². The van der Waals surface area contributed by atoms with Crippen molar-refractivity contribution in [2.75, 3.05) is 32.1 Å². The van der Waals surface area contributed by atoms with E-state index in [2.05, 4.69) is 53.8 Å². The Labute approximate surface area is 189 Å². The van der Waals surface area contributed by atoms with Gasteiger partial charge in [0.2, 0.25) is 0 Å². The second-order valence-electron chi connectivity index (χ2n) is 9.24. The molecule has 0 N–H and O–H groups in total. The van der Waals surface area contributed by atoms with Crippen LogP contribution in [0.3, 0.4) is 0 Å². The highest BCUT2D eigenvalue weighted by atomic mass is 19.1. The van der Waals surface area contributed by atoms with Gasteiger partial charge in [0.15, 0.2) is 0 Å². The van der Waals surface area contributed by atoms with Gasteiger partial charge in [0.05, 0.1) is 12.2 Å². The summed E-state index contributed by atoms with van der Waals surface area (Å²) >= 11 is 0. The molecule has 6 heteroatoms. The maximum atomic E-state index is 13.5. The highest BCUT2D eigenvalue weighted by molar-refractivity contribution is 5.78. The lowest BCUT2D eigenvalue weighted by Gasteiger charge is -2.35. The summed E-state index contributed by atoms with van der Waals surface area (Å²) in [5.41, 5.74) is 4.51. The monoisotopic (exact) mass is 434 g/mol. The lowest BCUT2D eigenvalue weighted by atomic mass is 9.93. The Morgan fingerprint density at radius 1 is 1.00 bits per heavy atom. The van der Waals surface area contributed by atoms with Gasteiger partial charge < -0.3 is 14.5 Å². The van der Waals surface area contributed by atoms with Crippen LogP contribution in [0.15, 0.2) is 48.8 Å². The molecular formula is C26H31FN4O. The van der Waals surface area contributed by atoms with Crippen molar-refractivity contribution in [1.29, 1.82) is 0 Å². The zero-order chi connectivity index (χ0) is 22.2. The average Bonchev–Trinajstić information content (AvgIpc) is 3.28. The first-order chi connectivity index (χ1) is 15.5. The van der Waals surface area contributed by atoms with Crippen LogP contribution in [0, 0.1) is 5.82 Å². The standard InChI is InChI=1S/C26H31FN4O/c1-18-4-9-24-25(30(18)3)11-10-23(26(24)32-22-7-5-20(27)6-8-22)19-16-28-31(17-19)21-12-14-29(2)15-13-21/h5-8,10-11,16-18,21H,4,9,12-15H2,1-3H3. The minimum absolute atomic E-state index is 0.263. The predicted octanol–water partition coefficient (Wildman–Crippen LogP) is 5.52. The molecular weight excluding hydrogens is 403 g/mol. The number of nitrogens with zero attached hydrogens (tertiary/aromatic N) is 4. The van der Waals surface area contributed by atoms with E-state index in [0.29, 0.717) is 17.8 Å². The van der Waals surface area contributed by atoms with Crippen LogP contribution in [0.4, 0.5) is 10.1 Å². The maximum Gasteiger partial charge on any atom is 0.140 e. The molecule has 2 aromatic carbocycles. The molecule has 3 aromatic rings. The fourth-order valence-electron chi connectivity index (χ4n) is 4.87. The van der Waals surface area contributed by atoms with Crippen molar-refractivity contribution >= 4 is 5.69 Å². The van der Waals surface area contributed by atoms with Crippen LogP contribution in [0.25, 0.3) is 11.1 Å². The van der Waals surface area contributed by atoms with Gasteiger partial charge >= 0.3 is 0 Å². The average molecular weight is 435 g/mol. The normalized spacial score (nSPS) is 19.8. The lowest BCUT2D eigenvalue weighted by Crippen LogP contribution is -2.33. The molecule has 5 rings (SSSR count). The first-order valence-electron chi connectivity index (χ1n) is 11.5. The van der Waals surface area contributed by atoms with Crippen molar-refractivity contribution in [2.24, 2.45) is 0 Å². The van der Waals surface area contributed by atoms with E-state index in [4.69, 9.17) is 9.84 Å². The van der Waals surface area contributed by atoms with Crippen LogP contribution in [0.2, 0.25) is 0 Å². The Kier molecular flexibility index (Phi) is 5.64. The van der Waals surface area contributed by atoms with Crippen molar-refractivity contribution in [3.8, 4) is 22.6 Å². The Morgan fingerprint density at radius 2 is 1.75 bits per heavy atom. The third-order valence-corrected chi connectivity index (χ3v) is 7.10. The van der Waals surface area contributed by atoms with Gasteiger partial charge in [-0.1, -0.05) is 0 Å². The topological polar surface area (TPSA) is 33.5 Å². The van der Waals surface area contributed by atoms with E-state index >= 15 is 0 Å². The summed E-state index contributed by atoms with van der Waals surface area (Å²) in [6.07, 6.45) is 8.36. The van der Waals surface area contributed by atoms with Crippen molar-refractivity contribution in [2.45, 2.75) is 44.7 Å². The van der Waals surface area contributed by atoms with E-state index in [1.54, 1.807) is 12.1 Å².